The predicted octanol–water partition coefficient (Wildman–Crippen LogP) is 0.637. The lowest BCUT2D eigenvalue weighted by Crippen LogP contribution is -2.09. The molecule has 0 spiro atoms. The Morgan fingerprint density at radius 1 is 1.77 bits per heavy atom. The van der Waals surface area contributed by atoms with E-state index in [0.29, 0.717) is 18.8 Å². The highest BCUT2D eigenvalue weighted by Crippen LogP contribution is 2.09. The molecule has 2 rings (SSSR count). The first kappa shape index (κ1) is 8.19. The van der Waals surface area contributed by atoms with Crippen LogP contribution in [0.1, 0.15) is 10.4 Å². The third kappa shape index (κ3) is 2.26. The molecular weight excluding hydrogens is 170 g/mol. The van der Waals surface area contributed by atoms with E-state index < -0.39 is 0 Å². The summed E-state index contributed by atoms with van der Waals surface area (Å²) < 4.78 is 9.85. The molecule has 0 aliphatic carbocycles. The number of pyridine rings is 1. The van der Waals surface area contributed by atoms with Crippen molar-refractivity contribution >= 4 is 5.97 Å². The van der Waals surface area contributed by atoms with E-state index in [2.05, 4.69) is 4.98 Å². The third-order valence-electron chi connectivity index (χ3n) is 1.70. The zero-order chi connectivity index (χ0) is 9.10. The maximum atomic E-state index is 11.3. The highest BCUT2D eigenvalue weighted by molar-refractivity contribution is 5.88. The first-order chi connectivity index (χ1) is 6.36. The second-order valence-electron chi connectivity index (χ2n) is 2.80. The molecule has 4 heteroatoms. The van der Waals surface area contributed by atoms with E-state index in [1.165, 1.54) is 6.20 Å². The lowest BCUT2D eigenvalue weighted by Gasteiger charge is -2.00. The number of carbonyl (C=O) groups excluding carboxylic acids is 1. The molecule has 0 saturated carbocycles. The van der Waals surface area contributed by atoms with Gasteiger partial charge in [0.2, 0.25) is 0 Å². The summed E-state index contributed by atoms with van der Waals surface area (Å²) in [6, 6.07) is 3.37. The second-order valence-corrected chi connectivity index (χ2v) is 2.80. The Labute approximate surface area is 75.5 Å². The molecule has 1 unspecified atom stereocenters. The highest BCUT2D eigenvalue weighted by atomic mass is 16.6. The minimum Gasteiger partial charge on any atom is -0.459 e. The molecule has 1 aromatic rings. The van der Waals surface area contributed by atoms with Crippen molar-refractivity contribution in [3.8, 4) is 0 Å². The number of nitrogens with zero attached hydrogens (tertiary/aromatic N) is 1. The molecule has 4 nitrogen and oxygen atoms in total. The first-order valence-corrected chi connectivity index (χ1v) is 4.05. The third-order valence-corrected chi connectivity index (χ3v) is 1.70. The molecular formula is C9H9NO3. The van der Waals surface area contributed by atoms with Crippen LogP contribution in [-0.4, -0.2) is 30.3 Å². The summed E-state index contributed by atoms with van der Waals surface area (Å²) in [6.07, 6.45) is 3.21. The molecule has 1 aromatic heterocycles. The smallest absolute Gasteiger partial charge is 0.339 e. The van der Waals surface area contributed by atoms with E-state index >= 15 is 0 Å². The van der Waals surface area contributed by atoms with Crippen molar-refractivity contribution in [3.05, 3.63) is 30.1 Å². The van der Waals surface area contributed by atoms with Crippen molar-refractivity contribution in [3.63, 3.8) is 0 Å². The van der Waals surface area contributed by atoms with Crippen LogP contribution in [0.3, 0.4) is 0 Å². The van der Waals surface area contributed by atoms with Crippen LogP contribution in [0, 0.1) is 0 Å². The van der Waals surface area contributed by atoms with E-state index in [1.807, 2.05) is 0 Å². The van der Waals surface area contributed by atoms with Gasteiger partial charge in [-0.05, 0) is 12.1 Å². The van der Waals surface area contributed by atoms with Crippen LogP contribution in [0.4, 0.5) is 0 Å². The van der Waals surface area contributed by atoms with Crippen LogP contribution in [0.15, 0.2) is 24.5 Å². The molecule has 1 aliphatic heterocycles. The van der Waals surface area contributed by atoms with Crippen LogP contribution in [0.2, 0.25) is 0 Å². The minimum absolute atomic E-state index is 0.112. The Hall–Kier alpha value is -1.42. The summed E-state index contributed by atoms with van der Waals surface area (Å²) in [4.78, 5) is 15.1. The van der Waals surface area contributed by atoms with Gasteiger partial charge in [-0.3, -0.25) is 4.98 Å². The van der Waals surface area contributed by atoms with Gasteiger partial charge in [-0.15, -0.1) is 0 Å². The molecule has 1 saturated heterocycles. The van der Waals surface area contributed by atoms with Crippen molar-refractivity contribution < 1.29 is 14.3 Å². The van der Waals surface area contributed by atoms with Crippen LogP contribution >= 0.6 is 0 Å². The van der Waals surface area contributed by atoms with Gasteiger partial charge in [-0.25, -0.2) is 4.79 Å². The van der Waals surface area contributed by atoms with E-state index in [1.54, 1.807) is 18.3 Å². The first-order valence-electron chi connectivity index (χ1n) is 4.05. The topological polar surface area (TPSA) is 51.7 Å². The van der Waals surface area contributed by atoms with Gasteiger partial charge in [0, 0.05) is 12.4 Å². The number of aromatic nitrogens is 1. The Bertz CT molecular complexity index is 295. The summed E-state index contributed by atoms with van der Waals surface area (Å²) >= 11 is 0. The zero-order valence-electron chi connectivity index (χ0n) is 6.97. The lowest BCUT2D eigenvalue weighted by atomic mass is 10.3. The summed E-state index contributed by atoms with van der Waals surface area (Å²) in [5, 5.41) is 0. The zero-order valence-corrected chi connectivity index (χ0v) is 6.97. The molecule has 0 N–H and O–H groups in total. The molecule has 13 heavy (non-hydrogen) atoms. The van der Waals surface area contributed by atoms with Crippen molar-refractivity contribution in [2.45, 2.75) is 6.10 Å². The maximum absolute atomic E-state index is 11.3. The Morgan fingerprint density at radius 3 is 3.23 bits per heavy atom. The van der Waals surface area contributed by atoms with Gasteiger partial charge in [0.1, 0.15) is 12.7 Å². The molecule has 0 radical (unpaired) electrons. The largest absolute Gasteiger partial charge is 0.459 e. The molecule has 0 aromatic carbocycles. The summed E-state index contributed by atoms with van der Waals surface area (Å²) in [5.74, 6) is -0.344. The van der Waals surface area contributed by atoms with Gasteiger partial charge >= 0.3 is 5.97 Å². The SMILES string of the molecule is O=C(OCC1CO1)c1cccnc1. The van der Waals surface area contributed by atoms with Crippen molar-refractivity contribution in [1.29, 1.82) is 0 Å². The number of hydrogen-bond acceptors (Lipinski definition) is 4. The van der Waals surface area contributed by atoms with Crippen LogP contribution in [0.25, 0.3) is 0 Å². The van der Waals surface area contributed by atoms with Gasteiger partial charge in [0.25, 0.3) is 0 Å². The summed E-state index contributed by atoms with van der Waals surface area (Å²) in [5.41, 5.74) is 0.475. The maximum Gasteiger partial charge on any atom is 0.339 e. The summed E-state index contributed by atoms with van der Waals surface area (Å²) in [7, 11) is 0. The lowest BCUT2D eigenvalue weighted by molar-refractivity contribution is 0.0476. The second kappa shape index (κ2) is 3.53. The Balaban J connectivity index is 1.89. The van der Waals surface area contributed by atoms with Gasteiger partial charge in [-0.1, -0.05) is 0 Å². The quantitative estimate of drug-likeness (QED) is 0.504. The molecule has 0 amide bonds. The van der Waals surface area contributed by atoms with E-state index in [-0.39, 0.29) is 12.1 Å². The van der Waals surface area contributed by atoms with E-state index in [9.17, 15) is 4.79 Å². The number of esters is 1. The fraction of sp³-hybridized carbons (Fsp3) is 0.333. The molecule has 68 valence electrons. The molecule has 0 bridgehead atoms. The summed E-state index contributed by atoms with van der Waals surface area (Å²) in [6.45, 7) is 1.04. The molecule has 1 atom stereocenters. The monoisotopic (exact) mass is 179 g/mol. The van der Waals surface area contributed by atoms with Crippen LogP contribution < -0.4 is 0 Å². The van der Waals surface area contributed by atoms with Crippen molar-refractivity contribution in [2.75, 3.05) is 13.2 Å². The fourth-order valence-electron chi connectivity index (χ4n) is 0.900. The predicted molar refractivity (Wildman–Crippen MR) is 44.3 cm³/mol. The highest BCUT2D eigenvalue weighted by Gasteiger charge is 2.24. The number of epoxide rings is 1. The van der Waals surface area contributed by atoms with Gasteiger partial charge in [-0.2, -0.15) is 0 Å². The number of hydrogen-bond donors (Lipinski definition) is 0. The van der Waals surface area contributed by atoms with Crippen LogP contribution in [0.5, 0.6) is 0 Å². The normalized spacial score (nSPS) is 19.5. The number of rotatable bonds is 3. The molecule has 1 fully saturated rings. The van der Waals surface area contributed by atoms with Crippen molar-refractivity contribution in [2.24, 2.45) is 0 Å². The van der Waals surface area contributed by atoms with Gasteiger partial charge in [0.05, 0.1) is 12.2 Å². The van der Waals surface area contributed by atoms with Gasteiger partial charge < -0.3 is 9.47 Å². The van der Waals surface area contributed by atoms with Crippen LogP contribution in [-0.2, 0) is 9.47 Å². The molecule has 2 heterocycles. The standard InChI is InChI=1S/C9H9NO3/c11-9(13-6-8-5-12-8)7-2-1-3-10-4-7/h1-4,8H,5-6H2. The van der Waals surface area contributed by atoms with Gasteiger partial charge in [0.15, 0.2) is 0 Å². The average molecular weight is 179 g/mol. The number of carbonyl (C=O) groups is 1. The molecule has 1 aliphatic rings. The Morgan fingerprint density at radius 2 is 2.62 bits per heavy atom. The number of ether oxygens (including phenoxy) is 2. The fourth-order valence-corrected chi connectivity index (χ4v) is 0.900. The van der Waals surface area contributed by atoms with E-state index in [4.69, 9.17) is 9.47 Å². The van der Waals surface area contributed by atoms with Crippen molar-refractivity contribution in [1.82, 2.24) is 4.98 Å². The Kier molecular flexibility index (Phi) is 2.23. The minimum atomic E-state index is -0.344. The average Bonchev–Trinajstić information content (AvgIpc) is 2.99. The van der Waals surface area contributed by atoms with E-state index in [0.717, 1.165) is 0 Å².